The number of nitrogens with zero attached hydrogens (tertiary/aromatic N) is 1. The molecule has 1 saturated heterocycles. The maximum Gasteiger partial charge on any atom is 0.320 e. The lowest BCUT2D eigenvalue weighted by Gasteiger charge is -2.38. The molecule has 1 aliphatic carbocycles. The number of carbonyl (C=O) groups excluding carboxylic acids is 4. The van der Waals surface area contributed by atoms with Crippen molar-refractivity contribution in [3.8, 4) is 0 Å². The highest BCUT2D eigenvalue weighted by Gasteiger charge is 2.43. The van der Waals surface area contributed by atoms with Crippen molar-refractivity contribution >= 4 is 29.3 Å². The van der Waals surface area contributed by atoms with E-state index in [2.05, 4.69) is 16.0 Å². The Hall–Kier alpha value is -3.01. The minimum Gasteiger partial charge on any atom is -0.359 e. The average Bonchev–Trinajstić information content (AvgIpc) is 3.38. The van der Waals surface area contributed by atoms with Gasteiger partial charge in [0.15, 0.2) is 0 Å². The number of Topliss-reactive ketones (excluding diaryl/α,β-unsaturated/α-hetero) is 1. The number of hydrogen-bond donors (Lipinski definition) is 3. The van der Waals surface area contributed by atoms with Gasteiger partial charge in [0, 0.05) is 12.2 Å². The second kappa shape index (κ2) is 11.9. The van der Waals surface area contributed by atoms with Crippen LogP contribution >= 0.6 is 0 Å². The van der Waals surface area contributed by atoms with Crippen molar-refractivity contribution in [1.29, 1.82) is 0 Å². The van der Waals surface area contributed by atoms with Gasteiger partial charge in [-0.05, 0) is 43.5 Å². The quantitative estimate of drug-likeness (QED) is 0.474. The summed E-state index contributed by atoms with van der Waals surface area (Å²) in [6, 6.07) is 3.66. The standard InChI is InChI=1S/C24H33FN4O5/c1-2-3-7-19(20(30)21(31)26-18-10-8-17(25)9-11-18)27-22(32)24(12-5-4-6-13-24)28-23(33)29-14-15-34-16-29/h8-11,19H,2-7,12-16H2,1H3,(H,26,31)(H,27,32)(H,28,33)/t19-/m0/s1. The third kappa shape index (κ3) is 6.53. The van der Waals surface area contributed by atoms with E-state index in [9.17, 15) is 23.6 Å². The molecule has 3 rings (SSSR count). The van der Waals surface area contributed by atoms with Crippen molar-refractivity contribution in [2.75, 3.05) is 25.2 Å². The number of urea groups is 1. The third-order valence-electron chi connectivity index (χ3n) is 6.32. The number of ether oxygens (including phenoxy) is 1. The third-order valence-corrected chi connectivity index (χ3v) is 6.32. The van der Waals surface area contributed by atoms with E-state index >= 15 is 0 Å². The molecule has 1 aromatic rings. The summed E-state index contributed by atoms with van der Waals surface area (Å²) in [5, 5.41) is 8.12. The Morgan fingerprint density at radius 2 is 1.82 bits per heavy atom. The van der Waals surface area contributed by atoms with E-state index in [1.807, 2.05) is 6.92 Å². The maximum absolute atomic E-state index is 13.5. The van der Waals surface area contributed by atoms with Crippen molar-refractivity contribution in [1.82, 2.24) is 15.5 Å². The van der Waals surface area contributed by atoms with E-state index in [1.54, 1.807) is 0 Å². The van der Waals surface area contributed by atoms with Gasteiger partial charge in [0.1, 0.15) is 18.1 Å². The molecule has 9 nitrogen and oxygen atoms in total. The maximum atomic E-state index is 13.5. The van der Waals surface area contributed by atoms with Crippen LogP contribution in [0.15, 0.2) is 24.3 Å². The van der Waals surface area contributed by atoms with Crippen LogP contribution in [0.25, 0.3) is 0 Å². The van der Waals surface area contributed by atoms with Crippen molar-refractivity contribution in [2.45, 2.75) is 69.9 Å². The lowest BCUT2D eigenvalue weighted by Crippen LogP contribution is -2.64. The van der Waals surface area contributed by atoms with Crippen LogP contribution in [0.4, 0.5) is 14.9 Å². The molecule has 1 saturated carbocycles. The van der Waals surface area contributed by atoms with Gasteiger partial charge in [-0.2, -0.15) is 0 Å². The molecule has 1 heterocycles. The van der Waals surface area contributed by atoms with E-state index in [-0.39, 0.29) is 18.4 Å². The first-order valence-electron chi connectivity index (χ1n) is 11.9. The number of ketones is 1. The molecule has 34 heavy (non-hydrogen) atoms. The number of anilines is 1. The molecule has 0 aromatic heterocycles. The summed E-state index contributed by atoms with van der Waals surface area (Å²) in [5.74, 6) is -2.58. The van der Waals surface area contributed by atoms with Crippen LogP contribution in [0.2, 0.25) is 0 Å². The number of carbonyl (C=O) groups is 4. The predicted molar refractivity (Wildman–Crippen MR) is 123 cm³/mol. The smallest absolute Gasteiger partial charge is 0.320 e. The van der Waals surface area contributed by atoms with Crippen molar-refractivity contribution in [3.05, 3.63) is 30.1 Å². The molecule has 1 aliphatic heterocycles. The summed E-state index contributed by atoms with van der Waals surface area (Å²) in [4.78, 5) is 53.3. The number of unbranched alkanes of at least 4 members (excludes halogenated alkanes) is 1. The normalized spacial score (nSPS) is 18.1. The van der Waals surface area contributed by atoms with Gasteiger partial charge in [0.05, 0.1) is 12.6 Å². The lowest BCUT2D eigenvalue weighted by atomic mass is 9.80. The largest absolute Gasteiger partial charge is 0.359 e. The van der Waals surface area contributed by atoms with Gasteiger partial charge in [0.2, 0.25) is 11.7 Å². The van der Waals surface area contributed by atoms with Gasteiger partial charge in [-0.25, -0.2) is 9.18 Å². The predicted octanol–water partition coefficient (Wildman–Crippen LogP) is 2.71. The minimum atomic E-state index is -1.14. The molecule has 0 unspecified atom stereocenters. The molecular formula is C24H33FN4O5. The van der Waals surface area contributed by atoms with Gasteiger partial charge in [-0.15, -0.1) is 0 Å². The number of benzene rings is 1. The molecule has 2 fully saturated rings. The minimum absolute atomic E-state index is 0.171. The van der Waals surface area contributed by atoms with Gasteiger partial charge >= 0.3 is 6.03 Å². The molecule has 3 N–H and O–H groups in total. The molecule has 4 amide bonds. The van der Waals surface area contributed by atoms with Crippen LogP contribution in [-0.2, 0) is 19.1 Å². The Balaban J connectivity index is 1.71. The Morgan fingerprint density at radius 3 is 2.44 bits per heavy atom. The summed E-state index contributed by atoms with van der Waals surface area (Å²) < 4.78 is 18.4. The fourth-order valence-electron chi connectivity index (χ4n) is 4.28. The van der Waals surface area contributed by atoms with E-state index in [1.165, 1.54) is 29.2 Å². The fourth-order valence-corrected chi connectivity index (χ4v) is 4.28. The van der Waals surface area contributed by atoms with E-state index < -0.39 is 35.0 Å². The second-order valence-corrected chi connectivity index (χ2v) is 8.87. The molecular weight excluding hydrogens is 443 g/mol. The first-order chi connectivity index (χ1) is 16.3. The van der Waals surface area contributed by atoms with Crippen LogP contribution in [0.3, 0.4) is 0 Å². The number of rotatable bonds is 9. The van der Waals surface area contributed by atoms with Crippen molar-refractivity contribution < 1.29 is 28.3 Å². The highest BCUT2D eigenvalue weighted by molar-refractivity contribution is 6.42. The average molecular weight is 477 g/mol. The monoisotopic (exact) mass is 476 g/mol. The zero-order chi connectivity index (χ0) is 24.6. The summed E-state index contributed by atoms with van der Waals surface area (Å²) in [5.41, 5.74) is -0.861. The molecule has 0 spiro atoms. The zero-order valence-corrected chi connectivity index (χ0v) is 19.5. The molecule has 1 atom stereocenters. The number of halogens is 1. The van der Waals surface area contributed by atoms with E-state index in [0.29, 0.717) is 38.8 Å². The Labute approximate surface area is 198 Å². The Kier molecular flexibility index (Phi) is 8.98. The molecule has 2 aliphatic rings. The van der Waals surface area contributed by atoms with Crippen LogP contribution in [-0.4, -0.2) is 60.0 Å². The highest BCUT2D eigenvalue weighted by Crippen LogP contribution is 2.29. The summed E-state index contributed by atoms with van der Waals surface area (Å²) in [6.45, 7) is 3.02. The van der Waals surface area contributed by atoms with Crippen LogP contribution in [0.1, 0.15) is 58.3 Å². The fraction of sp³-hybridized carbons (Fsp3) is 0.583. The highest BCUT2D eigenvalue weighted by atomic mass is 19.1. The first kappa shape index (κ1) is 25.6. The zero-order valence-electron chi connectivity index (χ0n) is 19.5. The second-order valence-electron chi connectivity index (χ2n) is 8.87. The van der Waals surface area contributed by atoms with Gasteiger partial charge in [-0.1, -0.05) is 39.0 Å². The summed E-state index contributed by atoms with van der Waals surface area (Å²) >= 11 is 0. The number of nitrogens with one attached hydrogen (secondary N) is 3. The molecule has 1 aromatic carbocycles. The van der Waals surface area contributed by atoms with Gasteiger partial charge < -0.3 is 20.7 Å². The SMILES string of the molecule is CCCC[C@H](NC(=O)C1(NC(=O)N2CCOC2)CCCCC1)C(=O)C(=O)Nc1ccc(F)cc1. The Bertz CT molecular complexity index is 880. The van der Waals surface area contributed by atoms with Crippen molar-refractivity contribution in [2.24, 2.45) is 0 Å². The van der Waals surface area contributed by atoms with Crippen molar-refractivity contribution in [3.63, 3.8) is 0 Å². The first-order valence-corrected chi connectivity index (χ1v) is 11.9. The number of hydrogen-bond acceptors (Lipinski definition) is 5. The van der Waals surface area contributed by atoms with Crippen LogP contribution < -0.4 is 16.0 Å². The van der Waals surface area contributed by atoms with E-state index in [4.69, 9.17) is 4.74 Å². The Morgan fingerprint density at radius 1 is 1.12 bits per heavy atom. The van der Waals surface area contributed by atoms with E-state index in [0.717, 1.165) is 25.7 Å². The van der Waals surface area contributed by atoms with Crippen LogP contribution in [0, 0.1) is 5.82 Å². The summed E-state index contributed by atoms with van der Waals surface area (Å²) in [6.07, 6.45) is 5.09. The van der Waals surface area contributed by atoms with Crippen LogP contribution in [0.5, 0.6) is 0 Å². The van der Waals surface area contributed by atoms with Gasteiger partial charge in [-0.3, -0.25) is 19.3 Å². The topological polar surface area (TPSA) is 117 Å². The number of amides is 4. The lowest BCUT2D eigenvalue weighted by molar-refractivity contribution is -0.138. The molecule has 0 bridgehead atoms. The summed E-state index contributed by atoms with van der Waals surface area (Å²) in [7, 11) is 0. The molecule has 10 heteroatoms. The molecule has 0 radical (unpaired) electrons. The van der Waals surface area contributed by atoms with Gasteiger partial charge in [0.25, 0.3) is 5.91 Å². The molecule has 186 valence electrons.